The summed E-state index contributed by atoms with van der Waals surface area (Å²) in [6, 6.07) is 9.80. The lowest BCUT2D eigenvalue weighted by molar-refractivity contribution is 0.179. The molecule has 2 aliphatic carbocycles. The van der Waals surface area contributed by atoms with Crippen LogP contribution in [0, 0.1) is 17.8 Å². The van der Waals surface area contributed by atoms with E-state index in [4.69, 9.17) is 0 Å². The molecule has 2 aliphatic rings. The molecule has 2 atom stereocenters. The van der Waals surface area contributed by atoms with Crippen molar-refractivity contribution in [2.45, 2.75) is 57.9 Å². The summed E-state index contributed by atoms with van der Waals surface area (Å²) in [4.78, 5) is 0. The molecule has 3 rings (SSSR count). The second-order valence-corrected chi connectivity index (χ2v) is 7.11. The van der Waals surface area contributed by atoms with E-state index in [1.807, 2.05) is 0 Å². The Bertz CT molecular complexity index is 431. The Morgan fingerprint density at radius 2 is 1.65 bits per heavy atom. The van der Waals surface area contributed by atoms with Crippen molar-refractivity contribution in [2.24, 2.45) is 17.8 Å². The molecule has 1 nitrogen and oxygen atoms in total. The Morgan fingerprint density at radius 1 is 0.950 bits per heavy atom. The summed E-state index contributed by atoms with van der Waals surface area (Å²) in [7, 11) is 2.18. The zero-order chi connectivity index (χ0) is 13.9. The lowest BCUT2D eigenvalue weighted by Gasteiger charge is -2.39. The van der Waals surface area contributed by atoms with E-state index in [-0.39, 0.29) is 0 Å². The van der Waals surface area contributed by atoms with Crippen LogP contribution >= 0.6 is 0 Å². The summed E-state index contributed by atoms with van der Waals surface area (Å²) in [5.74, 6) is 2.70. The lowest BCUT2D eigenvalue weighted by Crippen LogP contribution is -2.43. The van der Waals surface area contributed by atoms with Crippen molar-refractivity contribution in [3.63, 3.8) is 0 Å². The minimum atomic E-state index is 0.732. The number of fused-ring (bicyclic) bond motifs is 1. The second kappa shape index (κ2) is 6.30. The van der Waals surface area contributed by atoms with Crippen LogP contribution in [-0.4, -0.2) is 13.1 Å². The SMILES string of the molecule is CNC(C1CCC(C)CC1)C1CCc2ccccc2C1. The average molecular weight is 271 g/mol. The molecule has 110 valence electrons. The predicted octanol–water partition coefficient (Wildman–Crippen LogP) is 4.21. The van der Waals surface area contributed by atoms with E-state index in [9.17, 15) is 0 Å². The molecule has 1 N–H and O–H groups in total. The maximum absolute atomic E-state index is 3.69. The summed E-state index contributed by atoms with van der Waals surface area (Å²) in [5.41, 5.74) is 3.20. The molecule has 0 spiro atoms. The van der Waals surface area contributed by atoms with Crippen LogP contribution in [0.4, 0.5) is 0 Å². The third kappa shape index (κ3) is 2.93. The third-order valence-corrected chi connectivity index (χ3v) is 5.79. The van der Waals surface area contributed by atoms with Gasteiger partial charge in [-0.1, -0.05) is 44.0 Å². The Labute approximate surface area is 124 Å². The molecule has 1 aromatic rings. The molecule has 2 unspecified atom stereocenters. The number of hydrogen-bond donors (Lipinski definition) is 1. The molecule has 0 bridgehead atoms. The molecule has 0 aromatic heterocycles. The molecule has 0 heterocycles. The summed E-state index contributed by atoms with van der Waals surface area (Å²) in [6.07, 6.45) is 9.68. The van der Waals surface area contributed by atoms with Crippen molar-refractivity contribution in [1.29, 1.82) is 0 Å². The Kier molecular flexibility index (Phi) is 4.45. The molecular formula is C19H29N. The van der Waals surface area contributed by atoms with Gasteiger partial charge < -0.3 is 5.32 Å². The number of aryl methyl sites for hydroxylation is 1. The van der Waals surface area contributed by atoms with Gasteiger partial charge in [0.2, 0.25) is 0 Å². The van der Waals surface area contributed by atoms with Crippen LogP contribution in [0.3, 0.4) is 0 Å². The summed E-state index contributed by atoms with van der Waals surface area (Å²) in [5, 5.41) is 3.69. The monoisotopic (exact) mass is 271 g/mol. The van der Waals surface area contributed by atoms with Crippen molar-refractivity contribution in [3.8, 4) is 0 Å². The molecule has 0 aliphatic heterocycles. The highest BCUT2D eigenvalue weighted by atomic mass is 14.9. The highest BCUT2D eigenvalue weighted by Crippen LogP contribution is 2.36. The maximum atomic E-state index is 3.69. The van der Waals surface area contributed by atoms with Gasteiger partial charge in [-0.2, -0.15) is 0 Å². The van der Waals surface area contributed by atoms with Gasteiger partial charge in [0, 0.05) is 6.04 Å². The second-order valence-electron chi connectivity index (χ2n) is 7.11. The van der Waals surface area contributed by atoms with Gasteiger partial charge in [0.1, 0.15) is 0 Å². The third-order valence-electron chi connectivity index (χ3n) is 5.79. The summed E-state index contributed by atoms with van der Waals surface area (Å²) < 4.78 is 0. The van der Waals surface area contributed by atoms with E-state index < -0.39 is 0 Å². The van der Waals surface area contributed by atoms with E-state index in [0.29, 0.717) is 0 Å². The average Bonchev–Trinajstić information content (AvgIpc) is 2.50. The van der Waals surface area contributed by atoms with Crippen LogP contribution in [0.15, 0.2) is 24.3 Å². The predicted molar refractivity (Wildman–Crippen MR) is 85.9 cm³/mol. The first kappa shape index (κ1) is 14.1. The van der Waals surface area contributed by atoms with Crippen LogP contribution < -0.4 is 5.32 Å². The molecule has 0 amide bonds. The van der Waals surface area contributed by atoms with E-state index in [0.717, 1.165) is 23.8 Å². The fraction of sp³-hybridized carbons (Fsp3) is 0.684. The van der Waals surface area contributed by atoms with E-state index in [2.05, 4.69) is 43.6 Å². The zero-order valence-corrected chi connectivity index (χ0v) is 13.1. The van der Waals surface area contributed by atoms with Crippen LogP contribution in [-0.2, 0) is 12.8 Å². The van der Waals surface area contributed by atoms with Crippen LogP contribution in [0.5, 0.6) is 0 Å². The van der Waals surface area contributed by atoms with Crippen molar-refractivity contribution in [1.82, 2.24) is 5.32 Å². The molecular weight excluding hydrogens is 242 g/mol. The lowest BCUT2D eigenvalue weighted by atomic mass is 9.71. The van der Waals surface area contributed by atoms with Crippen molar-refractivity contribution >= 4 is 0 Å². The van der Waals surface area contributed by atoms with E-state index in [1.54, 1.807) is 11.1 Å². The normalized spacial score (nSPS) is 31.6. The topological polar surface area (TPSA) is 12.0 Å². The van der Waals surface area contributed by atoms with Gasteiger partial charge in [-0.05, 0) is 68.0 Å². The molecule has 1 heteroatoms. The van der Waals surface area contributed by atoms with Crippen LogP contribution in [0.25, 0.3) is 0 Å². The number of benzene rings is 1. The van der Waals surface area contributed by atoms with Crippen LogP contribution in [0.1, 0.15) is 50.2 Å². The quantitative estimate of drug-likeness (QED) is 0.868. The first-order chi connectivity index (χ1) is 9.78. The van der Waals surface area contributed by atoms with Gasteiger partial charge in [0.05, 0.1) is 0 Å². The van der Waals surface area contributed by atoms with Gasteiger partial charge in [-0.15, -0.1) is 0 Å². The van der Waals surface area contributed by atoms with Gasteiger partial charge >= 0.3 is 0 Å². The van der Waals surface area contributed by atoms with Crippen molar-refractivity contribution in [2.75, 3.05) is 7.05 Å². The summed E-state index contributed by atoms with van der Waals surface area (Å²) in [6.45, 7) is 2.42. The molecule has 20 heavy (non-hydrogen) atoms. The Balaban J connectivity index is 1.68. The van der Waals surface area contributed by atoms with Gasteiger partial charge in [-0.25, -0.2) is 0 Å². The van der Waals surface area contributed by atoms with Gasteiger partial charge in [-0.3, -0.25) is 0 Å². The molecule has 1 fully saturated rings. The Morgan fingerprint density at radius 3 is 2.35 bits per heavy atom. The van der Waals surface area contributed by atoms with Crippen molar-refractivity contribution in [3.05, 3.63) is 35.4 Å². The van der Waals surface area contributed by atoms with Crippen LogP contribution in [0.2, 0.25) is 0 Å². The minimum Gasteiger partial charge on any atom is -0.316 e. The van der Waals surface area contributed by atoms with E-state index >= 15 is 0 Å². The van der Waals surface area contributed by atoms with Crippen molar-refractivity contribution < 1.29 is 0 Å². The van der Waals surface area contributed by atoms with Gasteiger partial charge in [0.25, 0.3) is 0 Å². The number of nitrogens with one attached hydrogen (secondary N) is 1. The zero-order valence-electron chi connectivity index (χ0n) is 13.1. The first-order valence-corrected chi connectivity index (χ1v) is 8.52. The maximum Gasteiger partial charge on any atom is 0.0124 e. The molecule has 1 aromatic carbocycles. The fourth-order valence-electron chi connectivity index (χ4n) is 4.53. The highest BCUT2D eigenvalue weighted by molar-refractivity contribution is 5.30. The number of hydrogen-bond acceptors (Lipinski definition) is 1. The largest absolute Gasteiger partial charge is 0.316 e. The van der Waals surface area contributed by atoms with Gasteiger partial charge in [0.15, 0.2) is 0 Å². The highest BCUT2D eigenvalue weighted by Gasteiger charge is 2.32. The summed E-state index contributed by atoms with van der Waals surface area (Å²) >= 11 is 0. The number of rotatable bonds is 3. The molecule has 1 saturated carbocycles. The minimum absolute atomic E-state index is 0.732. The van der Waals surface area contributed by atoms with E-state index in [1.165, 1.54) is 44.9 Å². The Hall–Kier alpha value is -0.820. The molecule has 0 radical (unpaired) electrons. The fourth-order valence-corrected chi connectivity index (χ4v) is 4.53. The smallest absolute Gasteiger partial charge is 0.0124 e. The molecule has 0 saturated heterocycles. The first-order valence-electron chi connectivity index (χ1n) is 8.52. The standard InChI is InChI=1S/C19H29N/c1-14-7-9-16(10-8-14)19(20-2)18-12-11-15-5-3-4-6-17(15)13-18/h3-6,14,16,18-20H,7-13H2,1-2H3.